The van der Waals surface area contributed by atoms with Crippen molar-refractivity contribution in [1.29, 1.82) is 0 Å². The Morgan fingerprint density at radius 1 is 1.10 bits per heavy atom. The Bertz CT molecular complexity index is 1360. The number of rotatable bonds is 10. The molecule has 0 amide bonds. The van der Waals surface area contributed by atoms with Gasteiger partial charge in [-0.2, -0.15) is 0 Å². The van der Waals surface area contributed by atoms with Crippen molar-refractivity contribution in [1.82, 2.24) is 14.9 Å². The normalized spacial score (nSPS) is 17.9. The second kappa shape index (κ2) is 13.1. The van der Waals surface area contributed by atoms with Crippen LogP contribution in [0.1, 0.15) is 80.1 Å². The minimum absolute atomic E-state index is 0. The summed E-state index contributed by atoms with van der Waals surface area (Å²) in [5, 5.41) is 11.7. The predicted molar refractivity (Wildman–Crippen MR) is 147 cm³/mol. The van der Waals surface area contributed by atoms with Gasteiger partial charge in [0.1, 0.15) is 17.7 Å². The van der Waals surface area contributed by atoms with E-state index in [1.165, 1.54) is 6.20 Å². The smallest absolute Gasteiger partial charge is 0.550 e. The molecular formula is C32H37FN3NaO3. The number of aliphatic carboxylic acids is 1. The van der Waals surface area contributed by atoms with Crippen LogP contribution in [0.25, 0.3) is 11.1 Å². The largest absolute Gasteiger partial charge is 1.00 e. The van der Waals surface area contributed by atoms with E-state index in [4.69, 9.17) is 9.72 Å². The molecule has 0 N–H and O–H groups in total. The predicted octanol–water partition coefficient (Wildman–Crippen LogP) is 2.38. The number of hydrogen-bond donors (Lipinski definition) is 0. The van der Waals surface area contributed by atoms with Gasteiger partial charge in [0.05, 0.1) is 11.9 Å². The molecule has 0 radical (unpaired) electrons. The van der Waals surface area contributed by atoms with Gasteiger partial charge in [-0.25, -0.2) is 4.39 Å². The van der Waals surface area contributed by atoms with Crippen LogP contribution in [0.3, 0.4) is 0 Å². The summed E-state index contributed by atoms with van der Waals surface area (Å²) >= 11 is 0. The summed E-state index contributed by atoms with van der Waals surface area (Å²) in [5.74, 6) is -0.807. The molecule has 1 fully saturated rings. The molecule has 1 aliphatic heterocycles. The van der Waals surface area contributed by atoms with E-state index in [0.29, 0.717) is 18.0 Å². The number of nitrogens with zero attached hydrogens (tertiary/aromatic N) is 3. The van der Waals surface area contributed by atoms with Crippen molar-refractivity contribution < 1.29 is 48.6 Å². The number of halogens is 1. The van der Waals surface area contributed by atoms with Gasteiger partial charge in [-0.15, -0.1) is 0 Å². The van der Waals surface area contributed by atoms with Crippen molar-refractivity contribution in [3.05, 3.63) is 76.6 Å². The van der Waals surface area contributed by atoms with Crippen LogP contribution in [-0.2, 0) is 17.8 Å². The molecule has 3 heterocycles. The Hall–Kier alpha value is -2.32. The van der Waals surface area contributed by atoms with Crippen molar-refractivity contribution in [3.8, 4) is 16.9 Å². The Balaban J connectivity index is 0.00000370. The van der Waals surface area contributed by atoms with Gasteiger partial charge in [-0.05, 0) is 92.4 Å². The van der Waals surface area contributed by atoms with E-state index < -0.39 is 11.9 Å². The second-order valence-corrected chi connectivity index (χ2v) is 11.0. The van der Waals surface area contributed by atoms with Crippen LogP contribution in [0.5, 0.6) is 5.75 Å². The van der Waals surface area contributed by atoms with Gasteiger partial charge in [0.25, 0.3) is 0 Å². The molecule has 1 unspecified atom stereocenters. The molecule has 6 nitrogen and oxygen atoms in total. The molecule has 2 aromatic heterocycles. The van der Waals surface area contributed by atoms with Crippen LogP contribution in [0.15, 0.2) is 42.7 Å². The van der Waals surface area contributed by atoms with Crippen LogP contribution < -0.4 is 39.4 Å². The number of carboxylic acid groups (broad SMARTS) is 1. The van der Waals surface area contributed by atoms with Crippen molar-refractivity contribution >= 4 is 5.97 Å². The molecule has 1 aliphatic carbocycles. The molecular weight excluding hydrogens is 516 g/mol. The summed E-state index contributed by atoms with van der Waals surface area (Å²) in [4.78, 5) is 22.9. The first-order valence-corrected chi connectivity index (χ1v) is 14.1. The molecule has 5 rings (SSSR count). The summed E-state index contributed by atoms with van der Waals surface area (Å²) < 4.78 is 21.4. The summed E-state index contributed by atoms with van der Waals surface area (Å²) in [5.41, 5.74) is 6.00. The SMILES string of the molecule is CCN(CC)Cc1cc(C2CCc3ccc([C@H](C4CC4)[C@H](C)C(=O)[O-])cc3O2)ncc1-c1cc(C)ncc1F.[Na+]. The molecule has 1 aromatic carbocycles. The number of fused-ring (bicyclic) bond motifs is 1. The van der Waals surface area contributed by atoms with Gasteiger partial charge in [-0.1, -0.05) is 32.9 Å². The average Bonchev–Trinajstić information content (AvgIpc) is 3.78. The van der Waals surface area contributed by atoms with Gasteiger partial charge in [0.2, 0.25) is 0 Å². The summed E-state index contributed by atoms with van der Waals surface area (Å²) in [6.07, 6.45) is 6.53. The second-order valence-electron chi connectivity index (χ2n) is 11.0. The summed E-state index contributed by atoms with van der Waals surface area (Å²) in [6.45, 7) is 10.3. The summed E-state index contributed by atoms with van der Waals surface area (Å²) in [6, 6.07) is 10.0. The molecule has 206 valence electrons. The van der Waals surface area contributed by atoms with Gasteiger partial charge < -0.3 is 14.6 Å². The fourth-order valence-electron chi connectivity index (χ4n) is 5.88. The third kappa shape index (κ3) is 6.59. The zero-order valence-electron chi connectivity index (χ0n) is 24.2. The third-order valence-electron chi connectivity index (χ3n) is 8.37. The van der Waals surface area contributed by atoms with Crippen molar-refractivity contribution in [3.63, 3.8) is 0 Å². The molecule has 3 aromatic rings. The van der Waals surface area contributed by atoms with E-state index >= 15 is 0 Å². The fourth-order valence-corrected chi connectivity index (χ4v) is 5.88. The number of hydrogen-bond acceptors (Lipinski definition) is 6. The zero-order valence-corrected chi connectivity index (χ0v) is 26.2. The minimum Gasteiger partial charge on any atom is -0.550 e. The molecule has 0 saturated heterocycles. The molecule has 3 atom stereocenters. The Morgan fingerprint density at radius 3 is 2.52 bits per heavy atom. The maximum Gasteiger partial charge on any atom is 1.00 e. The first-order chi connectivity index (χ1) is 18.8. The number of aromatic nitrogens is 2. The standard InChI is InChI=1S/C32H38FN3O3.Na/c1-5-36(6-2)18-24-14-28(35-16-26(24)25-13-19(3)34-17-27(25)33)29-12-11-21-7-10-23(15-30(21)39-29)31(22-8-9-22)20(4)32(37)38;/h7,10,13-17,20,22,29,31H,5-6,8-9,11-12,18H2,1-4H3,(H,37,38);/q;+1/p-1/t20-,29?,31-;/m0./s1. The molecule has 0 bridgehead atoms. The fraction of sp³-hybridized carbons (Fsp3) is 0.469. The van der Waals surface area contributed by atoms with Crippen LogP contribution in [0.2, 0.25) is 0 Å². The van der Waals surface area contributed by atoms with E-state index in [9.17, 15) is 14.3 Å². The van der Waals surface area contributed by atoms with E-state index in [-0.39, 0.29) is 47.4 Å². The number of carbonyl (C=O) groups is 1. The Morgan fingerprint density at radius 2 is 1.85 bits per heavy atom. The van der Waals surface area contributed by atoms with Gasteiger partial charge in [0, 0.05) is 41.4 Å². The number of pyridine rings is 2. The van der Waals surface area contributed by atoms with Crippen molar-refractivity contribution in [2.24, 2.45) is 11.8 Å². The Kier molecular flexibility index (Phi) is 10.0. The first-order valence-electron chi connectivity index (χ1n) is 14.1. The molecule has 2 aliphatic rings. The maximum atomic E-state index is 14.9. The quantitative estimate of drug-likeness (QED) is 0.359. The van der Waals surface area contributed by atoms with Gasteiger partial charge >= 0.3 is 29.6 Å². The monoisotopic (exact) mass is 553 g/mol. The van der Waals surface area contributed by atoms with E-state index in [1.807, 2.05) is 13.0 Å². The zero-order chi connectivity index (χ0) is 27.7. The number of carbonyl (C=O) groups excluding carboxylic acids is 1. The van der Waals surface area contributed by atoms with Crippen LogP contribution in [-0.4, -0.2) is 33.9 Å². The topological polar surface area (TPSA) is 78.4 Å². The van der Waals surface area contributed by atoms with Gasteiger partial charge in [-0.3, -0.25) is 14.9 Å². The minimum atomic E-state index is -1.01. The van der Waals surface area contributed by atoms with Crippen molar-refractivity contribution in [2.45, 2.75) is 71.9 Å². The Labute approximate surface area is 258 Å². The van der Waals surface area contributed by atoms with Crippen LogP contribution in [0, 0.1) is 24.6 Å². The van der Waals surface area contributed by atoms with Gasteiger partial charge in [0.15, 0.2) is 0 Å². The number of ether oxygens (including phenoxy) is 1. The van der Waals surface area contributed by atoms with E-state index in [1.54, 1.807) is 19.2 Å². The molecule has 1 saturated carbocycles. The molecule has 40 heavy (non-hydrogen) atoms. The molecule has 8 heteroatoms. The first kappa shape index (κ1) is 30.6. The number of aryl methyl sites for hydroxylation is 2. The summed E-state index contributed by atoms with van der Waals surface area (Å²) in [7, 11) is 0. The van der Waals surface area contributed by atoms with Crippen LogP contribution >= 0.6 is 0 Å². The maximum absolute atomic E-state index is 14.9. The van der Waals surface area contributed by atoms with Crippen molar-refractivity contribution in [2.75, 3.05) is 13.1 Å². The average molecular weight is 554 g/mol. The van der Waals surface area contributed by atoms with E-state index in [2.05, 4.69) is 41.9 Å². The van der Waals surface area contributed by atoms with Crippen LogP contribution in [0.4, 0.5) is 4.39 Å². The number of carboxylic acids is 1. The van der Waals surface area contributed by atoms with E-state index in [0.717, 1.165) is 78.2 Å². The number of benzene rings is 1. The third-order valence-corrected chi connectivity index (χ3v) is 8.37. The molecule has 0 spiro atoms.